The van der Waals surface area contributed by atoms with E-state index in [0.717, 1.165) is 36.7 Å². The third-order valence-electron chi connectivity index (χ3n) is 7.01. The van der Waals surface area contributed by atoms with Crippen LogP contribution in [-0.4, -0.2) is 28.0 Å². The molecule has 0 spiro atoms. The van der Waals surface area contributed by atoms with Crippen molar-refractivity contribution >= 4 is 79.0 Å². The second kappa shape index (κ2) is 13.2. The number of amides is 2. The van der Waals surface area contributed by atoms with Crippen molar-refractivity contribution in [2.75, 3.05) is 11.1 Å². The van der Waals surface area contributed by atoms with Crippen LogP contribution in [0.5, 0.6) is 0 Å². The van der Waals surface area contributed by atoms with Gasteiger partial charge < -0.3 is 10.6 Å². The van der Waals surface area contributed by atoms with E-state index in [1.54, 1.807) is 47.0 Å². The summed E-state index contributed by atoms with van der Waals surface area (Å²) in [6.45, 7) is 0. The summed E-state index contributed by atoms with van der Waals surface area (Å²) in [4.78, 5) is 40.5. The Morgan fingerprint density at radius 2 is 1.30 bits per heavy atom. The Hall–Kier alpha value is -4.92. The van der Waals surface area contributed by atoms with Crippen LogP contribution in [0.25, 0.3) is 27.9 Å². The first-order valence-corrected chi connectivity index (χ1v) is 15.6. The van der Waals surface area contributed by atoms with Gasteiger partial charge in [-0.2, -0.15) is 0 Å². The van der Waals surface area contributed by atoms with Gasteiger partial charge in [0.25, 0.3) is 11.8 Å². The fourth-order valence-electron chi connectivity index (χ4n) is 4.90. The minimum Gasteiger partial charge on any atom is -0.321 e. The molecule has 1 aromatic heterocycles. The highest BCUT2D eigenvalue weighted by atomic mass is 79.9. The molecule has 1 heterocycles. The lowest BCUT2D eigenvalue weighted by atomic mass is 10.1. The van der Waals surface area contributed by atoms with Crippen molar-refractivity contribution in [1.29, 1.82) is 0 Å². The summed E-state index contributed by atoms with van der Waals surface area (Å²) >= 11 is 4.85. The molecule has 0 aliphatic carbocycles. The van der Waals surface area contributed by atoms with Crippen LogP contribution in [0.2, 0.25) is 0 Å². The molecule has 2 amide bonds. The lowest BCUT2D eigenvalue weighted by molar-refractivity contribution is -0.113. The maximum Gasteiger partial charge on any atom is 0.272 e. The molecule has 0 aliphatic rings. The number of rotatable bonds is 8. The van der Waals surface area contributed by atoms with Crippen LogP contribution < -0.4 is 10.6 Å². The molecule has 0 saturated heterocycles. The lowest BCUT2D eigenvalue weighted by Crippen LogP contribution is -2.30. The Bertz CT molecular complexity index is 1970. The monoisotopic (exact) mass is 659 g/mol. The van der Waals surface area contributed by atoms with E-state index in [4.69, 9.17) is 0 Å². The van der Waals surface area contributed by atoms with Crippen LogP contribution in [0.15, 0.2) is 142 Å². The standard InChI is InChI=1S/C36H26BrN3O3S/c37-26-16-14-24(15-17-26)22-31(39-35(42)25-8-2-1-3-9-25)36(43)38-27-18-20-28(21-19-27)44-23-34(41)40-32-12-6-4-10-29(32)30-11-5-7-13-33(30)40/h1-22H,23H2,(H,38,43)(H,39,42)/b31-22-. The molecule has 0 radical (unpaired) electrons. The number of hydrogen-bond donors (Lipinski definition) is 2. The zero-order valence-corrected chi connectivity index (χ0v) is 25.8. The molecule has 0 aliphatic heterocycles. The zero-order chi connectivity index (χ0) is 30.5. The van der Waals surface area contributed by atoms with Crippen molar-refractivity contribution < 1.29 is 14.4 Å². The molecule has 6 aromatic rings. The van der Waals surface area contributed by atoms with Crippen LogP contribution in [0, 0.1) is 0 Å². The summed E-state index contributed by atoms with van der Waals surface area (Å²) in [7, 11) is 0. The molecule has 0 fully saturated rings. The largest absolute Gasteiger partial charge is 0.321 e. The molecule has 0 atom stereocenters. The molecule has 0 bridgehead atoms. The molecule has 0 saturated carbocycles. The van der Waals surface area contributed by atoms with Crippen molar-refractivity contribution in [1.82, 2.24) is 9.88 Å². The summed E-state index contributed by atoms with van der Waals surface area (Å²) in [5.41, 5.74) is 3.65. The highest BCUT2D eigenvalue weighted by molar-refractivity contribution is 9.10. The van der Waals surface area contributed by atoms with Gasteiger partial charge in [0.1, 0.15) is 5.70 Å². The molecular weight excluding hydrogens is 634 g/mol. The van der Waals surface area contributed by atoms with Gasteiger partial charge >= 0.3 is 0 Å². The van der Waals surface area contributed by atoms with Gasteiger partial charge in [-0.05, 0) is 72.3 Å². The predicted molar refractivity (Wildman–Crippen MR) is 182 cm³/mol. The first-order chi connectivity index (χ1) is 21.5. The SMILES string of the molecule is O=C(Nc1ccc(SCC(=O)n2c3ccccc3c3ccccc32)cc1)/C(=C/c1ccc(Br)cc1)NC(=O)c1ccccc1. The normalized spacial score (nSPS) is 11.4. The van der Waals surface area contributed by atoms with Gasteiger partial charge in [-0.1, -0.05) is 82.7 Å². The molecule has 8 heteroatoms. The van der Waals surface area contributed by atoms with Crippen LogP contribution in [-0.2, 0) is 4.79 Å². The highest BCUT2D eigenvalue weighted by Crippen LogP contribution is 2.30. The number of halogens is 1. The van der Waals surface area contributed by atoms with Crippen LogP contribution >= 0.6 is 27.7 Å². The topological polar surface area (TPSA) is 80.2 Å². The Morgan fingerprint density at radius 1 is 0.705 bits per heavy atom. The molecule has 216 valence electrons. The number of nitrogens with zero attached hydrogens (tertiary/aromatic N) is 1. The van der Waals surface area contributed by atoms with E-state index in [0.29, 0.717) is 11.3 Å². The Labute approximate surface area is 266 Å². The smallest absolute Gasteiger partial charge is 0.272 e. The molecule has 6 nitrogen and oxygen atoms in total. The number of anilines is 1. The van der Waals surface area contributed by atoms with Crippen molar-refractivity contribution in [2.45, 2.75) is 4.90 Å². The van der Waals surface area contributed by atoms with Gasteiger partial charge in [0.15, 0.2) is 0 Å². The minimum absolute atomic E-state index is 0.0124. The van der Waals surface area contributed by atoms with Crippen molar-refractivity contribution in [3.05, 3.63) is 149 Å². The van der Waals surface area contributed by atoms with Crippen LogP contribution in [0.1, 0.15) is 20.7 Å². The number of thioether (sulfide) groups is 1. The van der Waals surface area contributed by atoms with Gasteiger partial charge in [-0.25, -0.2) is 0 Å². The maximum atomic E-state index is 13.4. The maximum absolute atomic E-state index is 13.4. The minimum atomic E-state index is -0.459. The van der Waals surface area contributed by atoms with Crippen LogP contribution in [0.3, 0.4) is 0 Å². The van der Waals surface area contributed by atoms with E-state index in [-0.39, 0.29) is 23.3 Å². The molecular formula is C36H26BrN3O3S. The molecule has 6 rings (SSSR count). The second-order valence-corrected chi connectivity index (χ2v) is 11.9. The van der Waals surface area contributed by atoms with Crippen molar-refractivity contribution in [2.24, 2.45) is 0 Å². The van der Waals surface area contributed by atoms with Gasteiger partial charge in [-0.3, -0.25) is 19.0 Å². The summed E-state index contributed by atoms with van der Waals surface area (Å²) in [6, 6.07) is 39.3. The number of hydrogen-bond acceptors (Lipinski definition) is 4. The number of para-hydroxylation sites is 2. The van der Waals surface area contributed by atoms with Gasteiger partial charge in [0.2, 0.25) is 5.91 Å². The summed E-state index contributed by atoms with van der Waals surface area (Å²) in [5, 5.41) is 7.73. The third-order valence-corrected chi connectivity index (χ3v) is 8.54. The average molecular weight is 661 g/mol. The summed E-state index contributed by atoms with van der Waals surface area (Å²) < 4.78 is 2.69. The number of aromatic nitrogens is 1. The number of nitrogens with one attached hydrogen (secondary N) is 2. The Kier molecular flexibility index (Phi) is 8.72. The van der Waals surface area contributed by atoms with E-state index in [1.165, 1.54) is 11.8 Å². The predicted octanol–water partition coefficient (Wildman–Crippen LogP) is 8.40. The lowest BCUT2D eigenvalue weighted by Gasteiger charge is -2.12. The van der Waals surface area contributed by atoms with E-state index in [2.05, 4.69) is 26.6 Å². The molecule has 2 N–H and O–H groups in total. The fourth-order valence-corrected chi connectivity index (χ4v) is 5.91. The molecule has 44 heavy (non-hydrogen) atoms. The van der Waals surface area contributed by atoms with Gasteiger partial charge in [-0.15, -0.1) is 11.8 Å². The third kappa shape index (κ3) is 6.51. The van der Waals surface area contributed by atoms with E-state index >= 15 is 0 Å². The fraction of sp³-hybridized carbons (Fsp3) is 0.0278. The first-order valence-electron chi connectivity index (χ1n) is 13.9. The summed E-state index contributed by atoms with van der Waals surface area (Å²) in [6.07, 6.45) is 1.63. The Balaban J connectivity index is 1.15. The molecule has 0 unspecified atom stereocenters. The quantitative estimate of drug-likeness (QED) is 0.127. The summed E-state index contributed by atoms with van der Waals surface area (Å²) in [5.74, 6) is -0.607. The van der Waals surface area contributed by atoms with E-state index < -0.39 is 5.91 Å². The van der Waals surface area contributed by atoms with Gasteiger partial charge in [0, 0.05) is 31.4 Å². The van der Waals surface area contributed by atoms with E-state index in [9.17, 15) is 14.4 Å². The molecule has 5 aromatic carbocycles. The van der Waals surface area contributed by atoms with E-state index in [1.807, 2.05) is 91.0 Å². The number of carbonyl (C=O) groups is 3. The second-order valence-electron chi connectivity index (χ2n) is 9.96. The van der Waals surface area contributed by atoms with Crippen molar-refractivity contribution in [3.63, 3.8) is 0 Å². The first kappa shape index (κ1) is 29.2. The van der Waals surface area contributed by atoms with Gasteiger partial charge in [0.05, 0.1) is 16.8 Å². The number of fused-ring (bicyclic) bond motifs is 3. The zero-order valence-electron chi connectivity index (χ0n) is 23.4. The number of benzene rings is 5. The highest BCUT2D eigenvalue weighted by Gasteiger charge is 2.17. The van der Waals surface area contributed by atoms with Crippen molar-refractivity contribution in [3.8, 4) is 0 Å². The van der Waals surface area contributed by atoms with Crippen LogP contribution in [0.4, 0.5) is 5.69 Å². The average Bonchev–Trinajstić information content (AvgIpc) is 3.40. The Morgan fingerprint density at radius 3 is 1.93 bits per heavy atom. The number of carbonyl (C=O) groups excluding carboxylic acids is 3.